The van der Waals surface area contributed by atoms with Gasteiger partial charge < -0.3 is 29.2 Å². The van der Waals surface area contributed by atoms with Crippen LogP contribution in [0.2, 0.25) is 0 Å². The van der Waals surface area contributed by atoms with Gasteiger partial charge in [0.2, 0.25) is 0 Å². The molecule has 0 amide bonds. The van der Waals surface area contributed by atoms with E-state index in [9.17, 15) is 14.7 Å². The zero-order chi connectivity index (χ0) is 20.1. The molecular weight excluding hydrogens is 364 g/mol. The number of H-pyrrole nitrogens is 1. The van der Waals surface area contributed by atoms with E-state index < -0.39 is 22.8 Å². The molecule has 1 saturated heterocycles. The molecule has 0 radical (unpaired) electrons. The Hall–Kier alpha value is -2.74. The molecule has 8 heteroatoms. The molecule has 2 heterocycles. The molecule has 1 aromatic carbocycles. The zero-order valence-corrected chi connectivity index (χ0v) is 16.2. The van der Waals surface area contributed by atoms with E-state index in [1.165, 1.54) is 20.0 Å². The van der Waals surface area contributed by atoms with Crippen molar-refractivity contribution in [1.82, 2.24) is 9.88 Å². The molecule has 3 rings (SSSR count). The fourth-order valence-electron chi connectivity index (χ4n) is 3.43. The predicted molar refractivity (Wildman–Crippen MR) is 105 cm³/mol. The van der Waals surface area contributed by atoms with Crippen molar-refractivity contribution in [3.05, 3.63) is 28.0 Å². The SMILES string of the molecule is CCOC(=O)c1c(O)c2cc(OC)c(OCCCN3CCCC3)cc2[nH]c1=O. The quantitative estimate of drug-likeness (QED) is 0.527. The topological polar surface area (TPSA) is 101 Å². The van der Waals surface area contributed by atoms with Crippen LogP contribution in [0.4, 0.5) is 0 Å². The Kier molecular flexibility index (Phi) is 6.41. The summed E-state index contributed by atoms with van der Waals surface area (Å²) in [4.78, 5) is 29.2. The Morgan fingerprint density at radius 2 is 2.00 bits per heavy atom. The van der Waals surface area contributed by atoms with Gasteiger partial charge in [0.05, 0.1) is 25.8 Å². The summed E-state index contributed by atoms with van der Waals surface area (Å²) in [7, 11) is 1.49. The maximum absolute atomic E-state index is 12.2. The monoisotopic (exact) mass is 390 g/mol. The highest BCUT2D eigenvalue weighted by Gasteiger charge is 2.22. The molecule has 2 aromatic rings. The molecule has 0 saturated carbocycles. The van der Waals surface area contributed by atoms with Crippen molar-refractivity contribution in [2.24, 2.45) is 0 Å². The fourth-order valence-corrected chi connectivity index (χ4v) is 3.43. The van der Waals surface area contributed by atoms with Crippen LogP contribution in [-0.2, 0) is 4.74 Å². The lowest BCUT2D eigenvalue weighted by atomic mass is 10.1. The van der Waals surface area contributed by atoms with Crippen LogP contribution in [0.15, 0.2) is 16.9 Å². The third-order valence-corrected chi connectivity index (χ3v) is 4.83. The number of nitrogens with one attached hydrogen (secondary N) is 1. The van der Waals surface area contributed by atoms with Crippen molar-refractivity contribution >= 4 is 16.9 Å². The second-order valence-corrected chi connectivity index (χ2v) is 6.70. The molecule has 1 aromatic heterocycles. The van der Waals surface area contributed by atoms with Gasteiger partial charge in [0.15, 0.2) is 17.1 Å². The number of nitrogens with zero attached hydrogens (tertiary/aromatic N) is 1. The molecule has 2 N–H and O–H groups in total. The molecular formula is C20H26N2O6. The number of aromatic nitrogens is 1. The van der Waals surface area contributed by atoms with Crippen molar-refractivity contribution in [2.45, 2.75) is 26.2 Å². The van der Waals surface area contributed by atoms with Crippen LogP contribution in [-0.4, -0.2) is 60.9 Å². The van der Waals surface area contributed by atoms with E-state index >= 15 is 0 Å². The van der Waals surface area contributed by atoms with E-state index in [-0.39, 0.29) is 12.0 Å². The largest absolute Gasteiger partial charge is 0.506 e. The second kappa shape index (κ2) is 8.97. The first kappa shape index (κ1) is 20.0. The van der Waals surface area contributed by atoms with Crippen LogP contribution in [0.25, 0.3) is 10.9 Å². The summed E-state index contributed by atoms with van der Waals surface area (Å²) in [6, 6.07) is 3.14. The summed E-state index contributed by atoms with van der Waals surface area (Å²) < 4.78 is 16.1. The van der Waals surface area contributed by atoms with Gasteiger partial charge in [0.25, 0.3) is 5.56 Å². The molecule has 1 aliphatic rings. The lowest BCUT2D eigenvalue weighted by Crippen LogP contribution is -2.22. The van der Waals surface area contributed by atoms with Crippen LogP contribution in [0, 0.1) is 0 Å². The minimum Gasteiger partial charge on any atom is -0.506 e. The minimum atomic E-state index is -0.871. The van der Waals surface area contributed by atoms with Crippen LogP contribution < -0.4 is 15.0 Å². The molecule has 1 aliphatic heterocycles. The molecule has 1 fully saturated rings. The van der Waals surface area contributed by atoms with Crippen molar-refractivity contribution < 1.29 is 24.1 Å². The number of carbonyl (C=O) groups is 1. The van der Waals surface area contributed by atoms with E-state index in [0.717, 1.165) is 26.1 Å². The second-order valence-electron chi connectivity index (χ2n) is 6.70. The minimum absolute atomic E-state index is 0.100. The Morgan fingerprint density at radius 1 is 1.25 bits per heavy atom. The Bertz CT molecular complexity index is 902. The molecule has 0 aliphatic carbocycles. The lowest BCUT2D eigenvalue weighted by molar-refractivity contribution is 0.0521. The summed E-state index contributed by atoms with van der Waals surface area (Å²) in [5.41, 5.74) is -0.782. The highest BCUT2D eigenvalue weighted by atomic mass is 16.5. The van der Waals surface area contributed by atoms with Crippen molar-refractivity contribution in [2.75, 3.05) is 40.0 Å². The summed E-state index contributed by atoms with van der Waals surface area (Å²) in [6.07, 6.45) is 3.39. The van der Waals surface area contributed by atoms with Crippen LogP contribution in [0.1, 0.15) is 36.5 Å². The van der Waals surface area contributed by atoms with Gasteiger partial charge in [-0.15, -0.1) is 0 Å². The first-order chi connectivity index (χ1) is 13.5. The molecule has 28 heavy (non-hydrogen) atoms. The number of benzene rings is 1. The number of aromatic amines is 1. The molecule has 8 nitrogen and oxygen atoms in total. The number of likely N-dealkylation sites (tertiary alicyclic amines) is 1. The maximum Gasteiger partial charge on any atom is 0.347 e. The molecule has 0 bridgehead atoms. The van der Waals surface area contributed by atoms with Crippen molar-refractivity contribution in [3.63, 3.8) is 0 Å². The van der Waals surface area contributed by atoms with Gasteiger partial charge in [-0.25, -0.2) is 4.79 Å². The highest BCUT2D eigenvalue weighted by molar-refractivity contribution is 6.00. The number of rotatable bonds is 8. The molecule has 152 valence electrons. The molecule has 0 unspecified atom stereocenters. The van der Waals surface area contributed by atoms with Gasteiger partial charge >= 0.3 is 5.97 Å². The van der Waals surface area contributed by atoms with Gasteiger partial charge in [0.1, 0.15) is 5.75 Å². The van der Waals surface area contributed by atoms with Gasteiger partial charge in [-0.1, -0.05) is 0 Å². The van der Waals surface area contributed by atoms with Crippen molar-refractivity contribution in [3.8, 4) is 17.2 Å². The Morgan fingerprint density at radius 3 is 2.68 bits per heavy atom. The van der Waals surface area contributed by atoms with Gasteiger partial charge in [-0.05, 0) is 45.3 Å². The fraction of sp³-hybridized carbons (Fsp3) is 0.500. The van der Waals surface area contributed by atoms with Gasteiger partial charge in [-0.2, -0.15) is 0 Å². The smallest absolute Gasteiger partial charge is 0.347 e. The van der Waals surface area contributed by atoms with Crippen LogP contribution in [0.3, 0.4) is 0 Å². The van der Waals surface area contributed by atoms with E-state index in [0.29, 0.717) is 23.6 Å². The number of aromatic hydroxyl groups is 1. The average Bonchev–Trinajstić information content (AvgIpc) is 3.18. The molecule has 0 spiro atoms. The standard InChI is InChI=1S/C20H26N2O6/c1-3-27-20(25)17-18(23)13-11-15(26-2)16(12-14(13)21-19(17)24)28-10-6-9-22-7-4-5-8-22/h11-12H,3-10H2,1-2H3,(H2,21,23,24). The maximum atomic E-state index is 12.2. The predicted octanol–water partition coefficient (Wildman–Crippen LogP) is 2.28. The Labute approximate surface area is 163 Å². The number of hydrogen-bond acceptors (Lipinski definition) is 7. The summed E-state index contributed by atoms with van der Waals surface area (Å²) in [6.45, 7) is 5.50. The van der Waals surface area contributed by atoms with E-state index in [4.69, 9.17) is 14.2 Å². The zero-order valence-electron chi connectivity index (χ0n) is 16.2. The third kappa shape index (κ3) is 4.22. The third-order valence-electron chi connectivity index (χ3n) is 4.83. The number of carbonyl (C=O) groups excluding carboxylic acids is 1. The van der Waals surface area contributed by atoms with Gasteiger partial charge in [0, 0.05) is 18.0 Å². The number of methoxy groups -OCH3 is 1. The summed E-state index contributed by atoms with van der Waals surface area (Å²) in [5.74, 6) is -0.429. The van der Waals surface area contributed by atoms with Crippen molar-refractivity contribution in [1.29, 1.82) is 0 Å². The van der Waals surface area contributed by atoms with E-state index in [2.05, 4.69) is 9.88 Å². The van der Waals surface area contributed by atoms with E-state index in [1.54, 1.807) is 19.1 Å². The first-order valence-electron chi connectivity index (χ1n) is 9.54. The highest BCUT2D eigenvalue weighted by Crippen LogP contribution is 2.36. The Balaban J connectivity index is 1.83. The molecule has 0 atom stereocenters. The normalized spacial score (nSPS) is 14.4. The van der Waals surface area contributed by atoms with Gasteiger partial charge in [-0.3, -0.25) is 4.79 Å². The number of hydrogen-bond donors (Lipinski definition) is 2. The van der Waals surface area contributed by atoms with E-state index in [1.807, 2.05) is 0 Å². The summed E-state index contributed by atoms with van der Waals surface area (Å²) in [5, 5.41) is 10.7. The lowest BCUT2D eigenvalue weighted by Gasteiger charge is -2.16. The number of esters is 1. The summed E-state index contributed by atoms with van der Waals surface area (Å²) >= 11 is 0. The average molecular weight is 390 g/mol. The number of fused-ring (bicyclic) bond motifs is 1. The number of ether oxygens (including phenoxy) is 3. The van der Waals surface area contributed by atoms with Crippen LogP contribution >= 0.6 is 0 Å². The van der Waals surface area contributed by atoms with Crippen LogP contribution in [0.5, 0.6) is 17.2 Å². The number of pyridine rings is 1. The first-order valence-corrected chi connectivity index (χ1v) is 9.54.